The van der Waals surface area contributed by atoms with Gasteiger partial charge in [-0.05, 0) is 30.3 Å². The molecule has 1 aromatic rings. The van der Waals surface area contributed by atoms with E-state index in [1.165, 1.54) is 0 Å². The van der Waals surface area contributed by atoms with Crippen molar-refractivity contribution in [2.45, 2.75) is 13.3 Å². The Morgan fingerprint density at radius 1 is 1.54 bits per heavy atom. The highest BCUT2D eigenvalue weighted by molar-refractivity contribution is 5.26. The molecule has 13 heavy (non-hydrogen) atoms. The van der Waals surface area contributed by atoms with Crippen molar-refractivity contribution >= 4 is 5.95 Å². The minimum atomic E-state index is 0.696. The Balaban J connectivity index is 2.61. The lowest BCUT2D eigenvalue weighted by molar-refractivity contribution is 0.671. The van der Waals surface area contributed by atoms with Crippen molar-refractivity contribution in [3.63, 3.8) is 0 Å². The Bertz CT molecular complexity index is 245. The molecule has 0 amide bonds. The summed E-state index contributed by atoms with van der Waals surface area (Å²) in [5, 5.41) is 11.3. The van der Waals surface area contributed by atoms with E-state index in [9.17, 15) is 0 Å². The summed E-state index contributed by atoms with van der Waals surface area (Å²) in [6.45, 7) is 4.57. The number of rotatable bonds is 5. The van der Waals surface area contributed by atoms with Gasteiger partial charge in [-0.25, -0.2) is 4.68 Å². The van der Waals surface area contributed by atoms with Gasteiger partial charge < -0.3 is 10.6 Å². The van der Waals surface area contributed by atoms with Gasteiger partial charge in [-0.15, -0.1) is 0 Å². The van der Waals surface area contributed by atoms with Crippen LogP contribution in [0.25, 0.3) is 0 Å². The molecule has 0 atom stereocenters. The SMILES string of the molecule is CCN(CCCN)c1nnnn1C. The second kappa shape index (κ2) is 4.76. The van der Waals surface area contributed by atoms with Gasteiger partial charge in [0.1, 0.15) is 0 Å². The number of nitrogens with two attached hydrogens (primary N) is 1. The zero-order valence-electron chi connectivity index (χ0n) is 8.14. The maximum absolute atomic E-state index is 5.44. The van der Waals surface area contributed by atoms with Crippen LogP contribution in [0.15, 0.2) is 0 Å². The minimum Gasteiger partial charge on any atom is -0.340 e. The fourth-order valence-electron chi connectivity index (χ4n) is 1.17. The third kappa shape index (κ3) is 2.38. The van der Waals surface area contributed by atoms with Gasteiger partial charge in [0, 0.05) is 20.1 Å². The molecule has 1 rings (SSSR count). The first kappa shape index (κ1) is 9.91. The summed E-state index contributed by atoms with van der Waals surface area (Å²) in [6, 6.07) is 0. The fraction of sp³-hybridized carbons (Fsp3) is 0.857. The summed E-state index contributed by atoms with van der Waals surface area (Å²) in [5.41, 5.74) is 5.44. The molecule has 2 N–H and O–H groups in total. The molecule has 6 nitrogen and oxygen atoms in total. The van der Waals surface area contributed by atoms with Gasteiger partial charge in [0.05, 0.1) is 0 Å². The molecule has 1 aromatic heterocycles. The predicted octanol–water partition coefficient (Wildman–Crippen LogP) is -0.615. The van der Waals surface area contributed by atoms with Crippen molar-refractivity contribution in [2.75, 3.05) is 24.5 Å². The molecule has 0 aromatic carbocycles. The fourth-order valence-corrected chi connectivity index (χ4v) is 1.17. The van der Waals surface area contributed by atoms with E-state index in [-0.39, 0.29) is 0 Å². The first-order valence-corrected chi connectivity index (χ1v) is 4.47. The Morgan fingerprint density at radius 3 is 2.77 bits per heavy atom. The van der Waals surface area contributed by atoms with Gasteiger partial charge in [0.15, 0.2) is 0 Å². The highest BCUT2D eigenvalue weighted by atomic mass is 15.6. The van der Waals surface area contributed by atoms with Crippen LogP contribution in [0.5, 0.6) is 0 Å². The molecule has 0 saturated heterocycles. The molecule has 0 saturated carbocycles. The molecular formula is C7H16N6. The monoisotopic (exact) mass is 184 g/mol. The first-order chi connectivity index (χ1) is 6.29. The molecule has 0 spiro atoms. The Morgan fingerprint density at radius 2 is 2.31 bits per heavy atom. The minimum absolute atomic E-state index is 0.696. The zero-order valence-corrected chi connectivity index (χ0v) is 8.14. The average Bonchev–Trinajstić information content (AvgIpc) is 2.54. The summed E-state index contributed by atoms with van der Waals surface area (Å²) >= 11 is 0. The smallest absolute Gasteiger partial charge is 0.245 e. The van der Waals surface area contributed by atoms with Crippen molar-refractivity contribution in [2.24, 2.45) is 12.8 Å². The van der Waals surface area contributed by atoms with Gasteiger partial charge in [-0.2, -0.15) is 0 Å². The van der Waals surface area contributed by atoms with Crippen molar-refractivity contribution in [1.29, 1.82) is 0 Å². The van der Waals surface area contributed by atoms with Gasteiger partial charge in [-0.3, -0.25) is 0 Å². The third-order valence-corrected chi connectivity index (χ3v) is 1.89. The van der Waals surface area contributed by atoms with E-state index in [4.69, 9.17) is 5.73 Å². The van der Waals surface area contributed by atoms with E-state index >= 15 is 0 Å². The lowest BCUT2D eigenvalue weighted by Gasteiger charge is -2.19. The highest BCUT2D eigenvalue weighted by Gasteiger charge is 2.09. The molecule has 0 fully saturated rings. The van der Waals surface area contributed by atoms with Gasteiger partial charge in [0.2, 0.25) is 5.95 Å². The van der Waals surface area contributed by atoms with Gasteiger partial charge in [-0.1, -0.05) is 5.10 Å². The van der Waals surface area contributed by atoms with Crippen LogP contribution >= 0.6 is 0 Å². The molecule has 0 unspecified atom stereocenters. The van der Waals surface area contributed by atoms with Crippen LogP contribution in [0.2, 0.25) is 0 Å². The van der Waals surface area contributed by atoms with E-state index < -0.39 is 0 Å². The number of nitrogens with zero attached hydrogens (tertiary/aromatic N) is 5. The van der Waals surface area contributed by atoms with Gasteiger partial charge >= 0.3 is 0 Å². The molecule has 0 aliphatic heterocycles. The van der Waals surface area contributed by atoms with Crippen LogP contribution in [0.3, 0.4) is 0 Å². The van der Waals surface area contributed by atoms with E-state index in [0.717, 1.165) is 25.5 Å². The lowest BCUT2D eigenvalue weighted by Crippen LogP contribution is -2.28. The largest absolute Gasteiger partial charge is 0.340 e. The number of hydrogen-bond acceptors (Lipinski definition) is 5. The molecule has 0 aliphatic rings. The molecule has 0 aliphatic carbocycles. The summed E-state index contributed by atoms with van der Waals surface area (Å²) in [5.74, 6) is 0.802. The number of tetrazole rings is 1. The van der Waals surface area contributed by atoms with Crippen LogP contribution in [0.1, 0.15) is 13.3 Å². The quantitative estimate of drug-likeness (QED) is 0.660. The first-order valence-electron chi connectivity index (χ1n) is 4.47. The Labute approximate surface area is 77.7 Å². The Kier molecular flexibility index (Phi) is 3.63. The zero-order chi connectivity index (χ0) is 9.68. The number of aromatic nitrogens is 4. The molecule has 6 heteroatoms. The van der Waals surface area contributed by atoms with Crippen molar-refractivity contribution < 1.29 is 0 Å². The molecular weight excluding hydrogens is 168 g/mol. The van der Waals surface area contributed by atoms with Crippen molar-refractivity contribution in [3.8, 4) is 0 Å². The van der Waals surface area contributed by atoms with E-state index in [1.54, 1.807) is 4.68 Å². The highest BCUT2D eigenvalue weighted by Crippen LogP contribution is 2.05. The summed E-state index contributed by atoms with van der Waals surface area (Å²) in [7, 11) is 1.83. The van der Waals surface area contributed by atoms with Crippen molar-refractivity contribution in [1.82, 2.24) is 20.2 Å². The van der Waals surface area contributed by atoms with Crippen LogP contribution in [-0.4, -0.2) is 39.8 Å². The van der Waals surface area contributed by atoms with Crippen molar-refractivity contribution in [3.05, 3.63) is 0 Å². The summed E-state index contributed by atoms with van der Waals surface area (Å²) in [6.07, 6.45) is 0.959. The number of hydrogen-bond donors (Lipinski definition) is 1. The molecule has 0 bridgehead atoms. The van der Waals surface area contributed by atoms with E-state index in [1.807, 2.05) is 7.05 Å². The normalized spacial score (nSPS) is 10.4. The number of aryl methyl sites for hydroxylation is 1. The second-order valence-corrected chi connectivity index (χ2v) is 2.82. The standard InChI is InChI=1S/C7H16N6/c1-3-13(6-4-5-8)7-9-10-11-12(7)2/h3-6,8H2,1-2H3. The average molecular weight is 184 g/mol. The molecule has 1 heterocycles. The Hall–Kier alpha value is -1.17. The van der Waals surface area contributed by atoms with E-state index in [0.29, 0.717) is 6.54 Å². The van der Waals surface area contributed by atoms with Gasteiger partial charge in [0.25, 0.3) is 0 Å². The second-order valence-electron chi connectivity index (χ2n) is 2.82. The van der Waals surface area contributed by atoms with E-state index in [2.05, 4.69) is 27.3 Å². The van der Waals surface area contributed by atoms with Crippen LogP contribution < -0.4 is 10.6 Å². The number of anilines is 1. The third-order valence-electron chi connectivity index (χ3n) is 1.89. The summed E-state index contributed by atoms with van der Waals surface area (Å²) < 4.78 is 1.67. The molecule has 0 radical (unpaired) electrons. The predicted molar refractivity (Wildman–Crippen MR) is 50.4 cm³/mol. The summed E-state index contributed by atoms with van der Waals surface area (Å²) in [4.78, 5) is 2.10. The van der Waals surface area contributed by atoms with Crippen LogP contribution in [-0.2, 0) is 7.05 Å². The maximum atomic E-state index is 5.44. The lowest BCUT2D eigenvalue weighted by atomic mass is 10.4. The van der Waals surface area contributed by atoms with Crippen LogP contribution in [0.4, 0.5) is 5.95 Å². The molecule has 74 valence electrons. The van der Waals surface area contributed by atoms with Crippen LogP contribution in [0, 0.1) is 0 Å². The maximum Gasteiger partial charge on any atom is 0.245 e. The topological polar surface area (TPSA) is 72.9 Å².